The number of carbonyl (C=O) groups excluding carboxylic acids is 2. The van der Waals surface area contributed by atoms with E-state index >= 15 is 0 Å². The van der Waals surface area contributed by atoms with Crippen molar-refractivity contribution in [3.8, 4) is 0 Å². The Labute approximate surface area is 209 Å². The fraction of sp³-hybridized carbons (Fsp3) is 0.231. The molecule has 1 aliphatic heterocycles. The second-order valence-corrected chi connectivity index (χ2v) is 9.24. The van der Waals surface area contributed by atoms with Gasteiger partial charge in [0.05, 0.1) is 21.4 Å². The van der Waals surface area contributed by atoms with Crippen molar-refractivity contribution >= 4 is 52.3 Å². The smallest absolute Gasteiger partial charge is 0.320 e. The number of urea groups is 2. The van der Waals surface area contributed by atoms with Gasteiger partial charge in [0.2, 0.25) is 0 Å². The number of amides is 4. The molecular weight excluding hydrogens is 471 g/mol. The standard InChI is InChI=1S/C26H26Cl2N4O2/c1-17-4-8-20(9-5-17)29-25(33)30-23-14-18(2)6-11-24(23)32-13-3-12-31(26(32)34)16-19-7-10-21(27)22(28)15-19/h4-11,14-15H,3,12-13,16H2,1-2H3,(H2,29,30,33). The average molecular weight is 497 g/mol. The fourth-order valence-corrected chi connectivity index (χ4v) is 4.24. The zero-order chi connectivity index (χ0) is 24.2. The average Bonchev–Trinajstić information content (AvgIpc) is 2.80. The molecular formula is C26H26Cl2N4O2. The molecule has 4 rings (SSSR count). The first-order valence-electron chi connectivity index (χ1n) is 11.1. The molecule has 0 spiro atoms. The van der Waals surface area contributed by atoms with Crippen LogP contribution in [0.15, 0.2) is 60.7 Å². The first kappa shape index (κ1) is 23.9. The number of hydrogen-bond donors (Lipinski definition) is 2. The third-order valence-electron chi connectivity index (χ3n) is 5.67. The number of halogens is 2. The maximum absolute atomic E-state index is 13.4. The highest BCUT2D eigenvalue weighted by Gasteiger charge is 2.29. The summed E-state index contributed by atoms with van der Waals surface area (Å²) >= 11 is 12.2. The topological polar surface area (TPSA) is 64.7 Å². The van der Waals surface area contributed by atoms with E-state index in [4.69, 9.17) is 23.2 Å². The van der Waals surface area contributed by atoms with Crippen LogP contribution < -0.4 is 15.5 Å². The number of benzene rings is 3. The van der Waals surface area contributed by atoms with Gasteiger partial charge < -0.3 is 15.5 Å². The van der Waals surface area contributed by atoms with Gasteiger partial charge in [0.1, 0.15) is 0 Å². The van der Waals surface area contributed by atoms with Crippen LogP contribution in [0.1, 0.15) is 23.1 Å². The molecule has 0 radical (unpaired) electrons. The van der Waals surface area contributed by atoms with Gasteiger partial charge in [0.15, 0.2) is 0 Å². The summed E-state index contributed by atoms with van der Waals surface area (Å²) in [5.74, 6) is 0. The molecule has 0 saturated carbocycles. The van der Waals surface area contributed by atoms with E-state index in [1.165, 1.54) is 0 Å². The molecule has 1 saturated heterocycles. The van der Waals surface area contributed by atoms with E-state index in [1.54, 1.807) is 21.9 Å². The molecule has 3 aromatic rings. The summed E-state index contributed by atoms with van der Waals surface area (Å²) < 4.78 is 0. The van der Waals surface area contributed by atoms with E-state index in [9.17, 15) is 9.59 Å². The molecule has 1 aliphatic rings. The van der Waals surface area contributed by atoms with E-state index in [2.05, 4.69) is 10.6 Å². The fourth-order valence-electron chi connectivity index (χ4n) is 3.92. The van der Waals surface area contributed by atoms with Crippen molar-refractivity contribution in [1.82, 2.24) is 4.90 Å². The highest BCUT2D eigenvalue weighted by Crippen LogP contribution is 2.31. The summed E-state index contributed by atoms with van der Waals surface area (Å²) in [5, 5.41) is 6.70. The molecule has 2 N–H and O–H groups in total. The van der Waals surface area contributed by atoms with Crippen LogP contribution in [0.2, 0.25) is 10.0 Å². The van der Waals surface area contributed by atoms with Crippen LogP contribution in [-0.2, 0) is 6.54 Å². The van der Waals surface area contributed by atoms with Gasteiger partial charge in [-0.1, -0.05) is 53.0 Å². The molecule has 1 heterocycles. The Morgan fingerprint density at radius 2 is 1.62 bits per heavy atom. The molecule has 176 valence electrons. The highest BCUT2D eigenvalue weighted by atomic mass is 35.5. The Morgan fingerprint density at radius 3 is 2.35 bits per heavy atom. The van der Waals surface area contributed by atoms with Crippen molar-refractivity contribution in [1.29, 1.82) is 0 Å². The van der Waals surface area contributed by atoms with Gasteiger partial charge in [0, 0.05) is 25.3 Å². The van der Waals surface area contributed by atoms with Gasteiger partial charge in [-0.05, 0) is 67.8 Å². The number of hydrogen-bond acceptors (Lipinski definition) is 2. The Morgan fingerprint density at radius 1 is 0.882 bits per heavy atom. The number of anilines is 3. The summed E-state index contributed by atoms with van der Waals surface area (Å²) in [6.07, 6.45) is 0.802. The van der Waals surface area contributed by atoms with Gasteiger partial charge in [-0.2, -0.15) is 0 Å². The van der Waals surface area contributed by atoms with Crippen LogP contribution in [0, 0.1) is 13.8 Å². The Balaban J connectivity index is 1.52. The molecule has 0 unspecified atom stereocenters. The van der Waals surface area contributed by atoms with Crippen LogP contribution in [0.3, 0.4) is 0 Å². The summed E-state index contributed by atoms with van der Waals surface area (Å²) in [6.45, 7) is 5.56. The minimum absolute atomic E-state index is 0.122. The predicted molar refractivity (Wildman–Crippen MR) is 139 cm³/mol. The number of nitrogens with zero attached hydrogens (tertiary/aromatic N) is 2. The molecule has 0 aromatic heterocycles. The summed E-state index contributed by atoms with van der Waals surface area (Å²) in [6, 6.07) is 18.1. The van der Waals surface area contributed by atoms with E-state index in [0.717, 1.165) is 23.1 Å². The third kappa shape index (κ3) is 5.64. The lowest BCUT2D eigenvalue weighted by Crippen LogP contribution is -2.49. The summed E-state index contributed by atoms with van der Waals surface area (Å²) in [7, 11) is 0. The number of carbonyl (C=O) groups is 2. The third-order valence-corrected chi connectivity index (χ3v) is 6.41. The predicted octanol–water partition coefficient (Wildman–Crippen LogP) is 7.09. The highest BCUT2D eigenvalue weighted by molar-refractivity contribution is 6.42. The lowest BCUT2D eigenvalue weighted by Gasteiger charge is -2.36. The second kappa shape index (κ2) is 10.4. The van der Waals surface area contributed by atoms with Crippen LogP contribution in [0.5, 0.6) is 0 Å². The van der Waals surface area contributed by atoms with Gasteiger partial charge in [0.25, 0.3) is 0 Å². The van der Waals surface area contributed by atoms with Gasteiger partial charge in [-0.3, -0.25) is 4.90 Å². The largest absolute Gasteiger partial charge is 0.324 e. The number of rotatable bonds is 5. The maximum Gasteiger partial charge on any atom is 0.324 e. The number of nitrogens with one attached hydrogen (secondary N) is 2. The molecule has 6 nitrogen and oxygen atoms in total. The Hall–Kier alpha value is -3.22. The molecule has 0 aliphatic carbocycles. The van der Waals surface area contributed by atoms with Crippen LogP contribution in [0.4, 0.5) is 26.7 Å². The normalized spacial score (nSPS) is 13.7. The first-order chi connectivity index (χ1) is 16.3. The molecule has 0 atom stereocenters. The zero-order valence-corrected chi connectivity index (χ0v) is 20.6. The molecule has 8 heteroatoms. The molecule has 34 heavy (non-hydrogen) atoms. The number of aryl methyl sites for hydroxylation is 2. The monoisotopic (exact) mass is 496 g/mol. The van der Waals surface area contributed by atoms with Crippen molar-refractivity contribution in [3.05, 3.63) is 87.4 Å². The zero-order valence-electron chi connectivity index (χ0n) is 19.1. The summed E-state index contributed by atoms with van der Waals surface area (Å²) in [4.78, 5) is 29.6. The summed E-state index contributed by atoms with van der Waals surface area (Å²) in [5.41, 5.74) is 4.93. The van der Waals surface area contributed by atoms with Crippen molar-refractivity contribution in [2.75, 3.05) is 28.6 Å². The lowest BCUT2D eigenvalue weighted by molar-refractivity contribution is 0.192. The molecule has 0 bridgehead atoms. The molecule has 3 aromatic carbocycles. The first-order valence-corrected chi connectivity index (χ1v) is 11.8. The van der Waals surface area contributed by atoms with Crippen molar-refractivity contribution in [2.45, 2.75) is 26.8 Å². The van der Waals surface area contributed by atoms with Gasteiger partial charge >= 0.3 is 12.1 Å². The van der Waals surface area contributed by atoms with E-state index in [0.29, 0.717) is 46.7 Å². The van der Waals surface area contributed by atoms with Crippen molar-refractivity contribution in [3.63, 3.8) is 0 Å². The van der Waals surface area contributed by atoms with E-state index in [-0.39, 0.29) is 12.1 Å². The maximum atomic E-state index is 13.4. The van der Waals surface area contributed by atoms with Gasteiger partial charge in [-0.25, -0.2) is 9.59 Å². The lowest BCUT2D eigenvalue weighted by atomic mass is 10.1. The molecule has 4 amide bonds. The van der Waals surface area contributed by atoms with Crippen molar-refractivity contribution in [2.24, 2.45) is 0 Å². The van der Waals surface area contributed by atoms with Crippen LogP contribution in [-0.4, -0.2) is 30.1 Å². The SMILES string of the molecule is Cc1ccc(NC(=O)Nc2cc(C)ccc2N2CCCN(Cc3ccc(Cl)c(Cl)c3)C2=O)cc1. The van der Waals surface area contributed by atoms with Gasteiger partial charge in [-0.15, -0.1) is 0 Å². The van der Waals surface area contributed by atoms with Crippen LogP contribution >= 0.6 is 23.2 Å². The minimum atomic E-state index is -0.368. The van der Waals surface area contributed by atoms with Crippen molar-refractivity contribution < 1.29 is 9.59 Å². The second-order valence-electron chi connectivity index (χ2n) is 8.42. The van der Waals surface area contributed by atoms with E-state index < -0.39 is 0 Å². The Bertz CT molecular complexity index is 1210. The van der Waals surface area contributed by atoms with E-state index in [1.807, 2.05) is 62.4 Å². The molecule has 1 fully saturated rings. The quantitative estimate of drug-likeness (QED) is 0.395. The Kier molecular flexibility index (Phi) is 7.29. The minimum Gasteiger partial charge on any atom is -0.320 e. The van der Waals surface area contributed by atoms with Crippen LogP contribution in [0.25, 0.3) is 0 Å².